The highest BCUT2D eigenvalue weighted by Gasteiger charge is 2.45. The molecular formula is C20H21F3N2O5S. The Morgan fingerprint density at radius 3 is 2.68 bits per heavy atom. The number of nitrogens with zero attached hydrogens (tertiary/aromatic N) is 2. The molecule has 2 aliphatic rings. The van der Waals surface area contributed by atoms with Crippen molar-refractivity contribution in [3.63, 3.8) is 0 Å². The van der Waals surface area contributed by atoms with Crippen LogP contribution in [0.25, 0.3) is 0 Å². The lowest BCUT2D eigenvalue weighted by Crippen LogP contribution is -2.54. The van der Waals surface area contributed by atoms with Crippen molar-refractivity contribution in [1.29, 1.82) is 0 Å². The Labute approximate surface area is 180 Å². The van der Waals surface area contributed by atoms with Crippen LogP contribution in [0.3, 0.4) is 0 Å². The van der Waals surface area contributed by atoms with E-state index in [9.17, 15) is 18.0 Å². The molecule has 31 heavy (non-hydrogen) atoms. The zero-order valence-electron chi connectivity index (χ0n) is 16.3. The van der Waals surface area contributed by atoms with Gasteiger partial charge in [0.15, 0.2) is 0 Å². The monoisotopic (exact) mass is 458 g/mol. The van der Waals surface area contributed by atoms with Crippen LogP contribution in [-0.4, -0.2) is 64.4 Å². The van der Waals surface area contributed by atoms with E-state index in [1.54, 1.807) is 23.7 Å². The normalized spacial score (nSPS) is 22.8. The number of amides is 1. The molecule has 0 spiro atoms. The standard InChI is InChI=1S/C18H20N2O3S.C2HF3O2/c21-17(11-14-4-2-10-24-14)20-8-9-22-18-15(20)5-6-16(18)23-13-3-1-7-19-12-13;3-2(4,5)1(6)7/h1-4,7,10,12,15-16,18H,5-6,8-9,11H2;(H,6,7)/t15-,16-,18+;/m0./s1. The lowest BCUT2D eigenvalue weighted by molar-refractivity contribution is -0.192. The third kappa shape index (κ3) is 6.17. The number of carbonyl (C=O) groups is 2. The summed E-state index contributed by atoms with van der Waals surface area (Å²) in [5, 5.41) is 9.14. The molecule has 1 saturated carbocycles. The SMILES string of the molecule is O=C(Cc1cccs1)N1CCO[C@H]2[C@@H](Oc3cccnc3)CC[C@@H]21.O=C(O)C(F)(F)F. The van der Waals surface area contributed by atoms with Crippen molar-refractivity contribution in [2.24, 2.45) is 0 Å². The van der Waals surface area contributed by atoms with Crippen molar-refractivity contribution in [1.82, 2.24) is 9.88 Å². The number of morpholine rings is 1. The minimum absolute atomic E-state index is 0.0171. The predicted molar refractivity (Wildman–Crippen MR) is 105 cm³/mol. The van der Waals surface area contributed by atoms with Crippen LogP contribution in [0.15, 0.2) is 42.0 Å². The number of carboxylic acids is 1. The number of hydrogen-bond donors (Lipinski definition) is 1. The van der Waals surface area contributed by atoms with Gasteiger partial charge < -0.3 is 19.5 Å². The summed E-state index contributed by atoms with van der Waals surface area (Å²) in [7, 11) is 0. The molecule has 2 aromatic heterocycles. The van der Waals surface area contributed by atoms with Gasteiger partial charge in [0.1, 0.15) is 18.0 Å². The van der Waals surface area contributed by atoms with E-state index in [2.05, 4.69) is 4.98 Å². The number of rotatable bonds is 4. The topological polar surface area (TPSA) is 89.0 Å². The summed E-state index contributed by atoms with van der Waals surface area (Å²) in [6.45, 7) is 1.25. The minimum atomic E-state index is -5.08. The van der Waals surface area contributed by atoms with Gasteiger partial charge in [0.25, 0.3) is 0 Å². The third-order valence-electron chi connectivity index (χ3n) is 4.93. The second kappa shape index (κ2) is 10.1. The maximum absolute atomic E-state index is 12.7. The molecule has 0 aromatic carbocycles. The molecule has 168 valence electrons. The Morgan fingerprint density at radius 1 is 1.29 bits per heavy atom. The lowest BCUT2D eigenvalue weighted by atomic mass is 10.1. The van der Waals surface area contributed by atoms with Gasteiger partial charge >= 0.3 is 12.1 Å². The maximum atomic E-state index is 12.7. The Hall–Kier alpha value is -2.66. The summed E-state index contributed by atoms with van der Waals surface area (Å²) >= 11 is 1.63. The first-order chi connectivity index (χ1) is 14.8. The van der Waals surface area contributed by atoms with Crippen molar-refractivity contribution in [3.8, 4) is 5.75 Å². The van der Waals surface area contributed by atoms with Gasteiger partial charge in [0.05, 0.1) is 25.3 Å². The van der Waals surface area contributed by atoms with Gasteiger partial charge in [-0.25, -0.2) is 4.79 Å². The Balaban J connectivity index is 0.000000339. The molecule has 0 radical (unpaired) electrons. The average Bonchev–Trinajstić information content (AvgIpc) is 3.38. The highest BCUT2D eigenvalue weighted by molar-refractivity contribution is 7.10. The number of fused-ring (bicyclic) bond motifs is 1. The summed E-state index contributed by atoms with van der Waals surface area (Å²) in [5.41, 5.74) is 0. The molecule has 1 N–H and O–H groups in total. The van der Waals surface area contributed by atoms with Crippen LogP contribution < -0.4 is 4.74 Å². The fourth-order valence-corrected chi connectivity index (χ4v) is 4.30. The number of carboxylic acid groups (broad SMARTS) is 1. The van der Waals surface area contributed by atoms with Gasteiger partial charge in [0, 0.05) is 17.6 Å². The van der Waals surface area contributed by atoms with Crippen molar-refractivity contribution in [2.45, 2.75) is 43.7 Å². The molecule has 1 amide bonds. The molecule has 1 saturated heterocycles. The van der Waals surface area contributed by atoms with E-state index in [-0.39, 0.29) is 24.2 Å². The first-order valence-electron chi connectivity index (χ1n) is 9.56. The van der Waals surface area contributed by atoms with Gasteiger partial charge in [-0.05, 0) is 36.4 Å². The summed E-state index contributed by atoms with van der Waals surface area (Å²) in [6, 6.07) is 7.89. The minimum Gasteiger partial charge on any atom is -0.486 e. The fraction of sp³-hybridized carbons (Fsp3) is 0.450. The second-order valence-electron chi connectivity index (χ2n) is 6.97. The van der Waals surface area contributed by atoms with Gasteiger partial charge in [-0.15, -0.1) is 11.3 Å². The third-order valence-corrected chi connectivity index (χ3v) is 5.80. The van der Waals surface area contributed by atoms with Crippen LogP contribution in [-0.2, 0) is 20.7 Å². The first kappa shape index (κ1) is 23.0. The summed E-state index contributed by atoms with van der Waals surface area (Å²) in [6.07, 6.45) is 0.596. The van der Waals surface area contributed by atoms with Crippen LogP contribution in [0.2, 0.25) is 0 Å². The molecule has 2 aromatic rings. The number of thiophene rings is 1. The Morgan fingerprint density at radius 2 is 2.06 bits per heavy atom. The molecule has 4 rings (SSSR count). The van der Waals surface area contributed by atoms with E-state index in [0.29, 0.717) is 19.6 Å². The Bertz CT molecular complexity index is 863. The van der Waals surface area contributed by atoms with Crippen molar-refractivity contribution in [3.05, 3.63) is 46.9 Å². The molecule has 11 heteroatoms. The Kier molecular flexibility index (Phi) is 7.50. The predicted octanol–water partition coefficient (Wildman–Crippen LogP) is 3.16. The number of aromatic nitrogens is 1. The molecule has 0 bridgehead atoms. The number of halogens is 3. The van der Waals surface area contributed by atoms with Crippen LogP contribution in [0.1, 0.15) is 17.7 Å². The van der Waals surface area contributed by atoms with E-state index in [1.165, 1.54) is 0 Å². The lowest BCUT2D eigenvalue weighted by Gasteiger charge is -2.39. The quantitative estimate of drug-likeness (QED) is 0.757. The van der Waals surface area contributed by atoms with E-state index in [0.717, 1.165) is 23.5 Å². The molecule has 0 unspecified atom stereocenters. The number of carbonyl (C=O) groups excluding carboxylic acids is 1. The summed E-state index contributed by atoms with van der Waals surface area (Å²) < 4.78 is 43.8. The van der Waals surface area contributed by atoms with Crippen LogP contribution in [0.5, 0.6) is 5.75 Å². The second-order valence-corrected chi connectivity index (χ2v) is 8.00. The molecule has 7 nitrogen and oxygen atoms in total. The van der Waals surface area contributed by atoms with Gasteiger partial charge in [-0.3, -0.25) is 9.78 Å². The summed E-state index contributed by atoms with van der Waals surface area (Å²) in [4.78, 5) is 28.8. The molecule has 3 heterocycles. The van der Waals surface area contributed by atoms with Crippen LogP contribution >= 0.6 is 11.3 Å². The van der Waals surface area contributed by atoms with Gasteiger partial charge in [0.2, 0.25) is 5.91 Å². The number of alkyl halides is 3. The van der Waals surface area contributed by atoms with Gasteiger partial charge in [-0.1, -0.05) is 6.07 Å². The molecule has 2 fully saturated rings. The van der Waals surface area contributed by atoms with E-state index in [4.69, 9.17) is 19.4 Å². The van der Waals surface area contributed by atoms with E-state index in [1.807, 2.05) is 34.5 Å². The number of aliphatic carboxylic acids is 1. The maximum Gasteiger partial charge on any atom is 0.490 e. The highest BCUT2D eigenvalue weighted by atomic mass is 32.1. The molecular weight excluding hydrogens is 437 g/mol. The largest absolute Gasteiger partial charge is 0.490 e. The smallest absolute Gasteiger partial charge is 0.486 e. The van der Waals surface area contributed by atoms with Crippen LogP contribution in [0, 0.1) is 0 Å². The van der Waals surface area contributed by atoms with Crippen molar-refractivity contribution < 1.29 is 37.3 Å². The molecule has 3 atom stereocenters. The number of ether oxygens (including phenoxy) is 2. The van der Waals surface area contributed by atoms with E-state index < -0.39 is 12.1 Å². The van der Waals surface area contributed by atoms with Crippen LogP contribution in [0.4, 0.5) is 13.2 Å². The van der Waals surface area contributed by atoms with Gasteiger partial charge in [-0.2, -0.15) is 13.2 Å². The number of hydrogen-bond acceptors (Lipinski definition) is 6. The number of pyridine rings is 1. The fourth-order valence-electron chi connectivity index (χ4n) is 3.61. The highest BCUT2D eigenvalue weighted by Crippen LogP contribution is 2.33. The van der Waals surface area contributed by atoms with Crippen molar-refractivity contribution in [2.75, 3.05) is 13.2 Å². The molecule has 1 aliphatic heterocycles. The summed E-state index contributed by atoms with van der Waals surface area (Å²) in [5.74, 6) is -1.81. The van der Waals surface area contributed by atoms with Crippen molar-refractivity contribution >= 4 is 23.2 Å². The first-order valence-corrected chi connectivity index (χ1v) is 10.4. The van der Waals surface area contributed by atoms with E-state index >= 15 is 0 Å². The average molecular weight is 458 g/mol. The molecule has 1 aliphatic carbocycles. The zero-order valence-corrected chi connectivity index (χ0v) is 17.1. The zero-order chi connectivity index (χ0) is 22.4.